The molecule has 0 saturated heterocycles. The summed E-state index contributed by atoms with van der Waals surface area (Å²) in [7, 11) is -0.698. The van der Waals surface area contributed by atoms with E-state index in [9.17, 15) is 18.0 Å². The summed E-state index contributed by atoms with van der Waals surface area (Å²) in [4.78, 5) is 27.3. The van der Waals surface area contributed by atoms with Crippen LogP contribution in [0.3, 0.4) is 0 Å². The number of carbonyl (C=O) groups excluding carboxylic acids is 2. The Balaban J connectivity index is 2.26. The first kappa shape index (κ1) is 30.0. The molecule has 0 unspecified atom stereocenters. The molecule has 0 aliphatic heterocycles. The van der Waals surface area contributed by atoms with Crippen molar-refractivity contribution >= 4 is 62.3 Å². The number of benzene rings is 2. The fraction of sp³-hybridized carbons (Fsp3) is 0.417. The van der Waals surface area contributed by atoms with Crippen LogP contribution < -0.4 is 14.4 Å². The fourth-order valence-corrected chi connectivity index (χ4v) is 5.48. The lowest BCUT2D eigenvalue weighted by atomic mass is 10.1. The van der Waals surface area contributed by atoms with Gasteiger partial charge in [0.15, 0.2) is 0 Å². The molecule has 0 bridgehead atoms. The molecule has 0 heterocycles. The summed E-state index contributed by atoms with van der Waals surface area (Å²) < 4.78 is 31.3. The summed E-state index contributed by atoms with van der Waals surface area (Å²) in [6, 6.07) is 8.92. The maximum atomic E-state index is 13.4. The van der Waals surface area contributed by atoms with Gasteiger partial charge in [-0.2, -0.15) is 0 Å². The molecule has 2 amide bonds. The predicted molar refractivity (Wildman–Crippen MR) is 145 cm³/mol. The zero-order valence-corrected chi connectivity index (χ0v) is 23.6. The number of amides is 2. The van der Waals surface area contributed by atoms with Crippen molar-refractivity contribution in [2.75, 3.05) is 31.3 Å². The lowest BCUT2D eigenvalue weighted by Gasteiger charge is -2.31. The van der Waals surface area contributed by atoms with Crippen LogP contribution in [-0.4, -0.2) is 58.1 Å². The summed E-state index contributed by atoms with van der Waals surface area (Å²) in [6.45, 7) is 1.87. The van der Waals surface area contributed by atoms with Crippen molar-refractivity contribution < 1.29 is 22.7 Å². The second-order valence-electron chi connectivity index (χ2n) is 8.02. The molecule has 0 spiro atoms. The Labute approximate surface area is 227 Å². The zero-order valence-electron chi connectivity index (χ0n) is 20.6. The Bertz CT molecular complexity index is 1170. The molecule has 8 nitrogen and oxygen atoms in total. The van der Waals surface area contributed by atoms with Gasteiger partial charge in [0.25, 0.3) is 0 Å². The normalized spacial score (nSPS) is 12.1. The van der Waals surface area contributed by atoms with E-state index in [1.54, 1.807) is 37.3 Å². The quantitative estimate of drug-likeness (QED) is 0.392. The minimum absolute atomic E-state index is 0.00846. The van der Waals surface area contributed by atoms with Gasteiger partial charge in [-0.25, -0.2) is 8.42 Å². The Morgan fingerprint density at radius 3 is 2.22 bits per heavy atom. The standard InChI is InChI=1S/C24H30Cl3N3O5S/c1-5-21(24(32)28-2)29(15-17-18(25)8-6-9-19(17)26)23(31)10-7-13-30(36(4,33)34)16-11-12-22(35-3)20(27)14-16/h6,8-9,11-12,14,21H,5,7,10,13,15H2,1-4H3,(H,28,32)/t21-/m1/s1. The molecule has 0 saturated carbocycles. The molecule has 2 rings (SSSR count). The van der Waals surface area contributed by atoms with Gasteiger partial charge in [0.1, 0.15) is 11.8 Å². The van der Waals surface area contributed by atoms with Gasteiger partial charge in [-0.15, -0.1) is 0 Å². The van der Waals surface area contributed by atoms with Gasteiger partial charge >= 0.3 is 0 Å². The minimum Gasteiger partial charge on any atom is -0.495 e. The topological polar surface area (TPSA) is 96.0 Å². The third-order valence-electron chi connectivity index (χ3n) is 5.60. The highest BCUT2D eigenvalue weighted by Gasteiger charge is 2.29. The number of halogens is 3. The van der Waals surface area contributed by atoms with E-state index in [0.717, 1.165) is 6.26 Å². The van der Waals surface area contributed by atoms with E-state index in [2.05, 4.69) is 5.32 Å². The second-order valence-corrected chi connectivity index (χ2v) is 11.1. The predicted octanol–water partition coefficient (Wildman–Crippen LogP) is 4.76. The zero-order chi connectivity index (χ0) is 27.0. The van der Waals surface area contributed by atoms with Gasteiger partial charge in [0.2, 0.25) is 21.8 Å². The van der Waals surface area contributed by atoms with E-state index in [1.807, 2.05) is 0 Å². The highest BCUT2D eigenvalue weighted by atomic mass is 35.5. The number of nitrogens with one attached hydrogen (secondary N) is 1. The smallest absolute Gasteiger partial charge is 0.242 e. The molecular formula is C24H30Cl3N3O5S. The number of carbonyl (C=O) groups is 2. The number of likely N-dealkylation sites (N-methyl/N-ethyl adjacent to an activating group) is 1. The second kappa shape index (κ2) is 13.4. The van der Waals surface area contributed by atoms with Crippen LogP contribution in [0, 0.1) is 0 Å². The van der Waals surface area contributed by atoms with Gasteiger partial charge in [0, 0.05) is 42.2 Å². The van der Waals surface area contributed by atoms with Crippen LogP contribution in [-0.2, 0) is 26.2 Å². The number of sulfonamides is 1. The first-order valence-corrected chi connectivity index (χ1v) is 14.2. The molecular weight excluding hydrogens is 549 g/mol. The summed E-state index contributed by atoms with van der Waals surface area (Å²) in [5.41, 5.74) is 0.884. The molecule has 0 aliphatic rings. The van der Waals surface area contributed by atoms with Crippen LogP contribution in [0.5, 0.6) is 5.75 Å². The van der Waals surface area contributed by atoms with Crippen LogP contribution >= 0.6 is 34.8 Å². The van der Waals surface area contributed by atoms with E-state index in [1.165, 1.54) is 29.4 Å². The van der Waals surface area contributed by atoms with E-state index >= 15 is 0 Å². The first-order chi connectivity index (χ1) is 16.9. The average molecular weight is 579 g/mol. The van der Waals surface area contributed by atoms with Crippen LogP contribution in [0.2, 0.25) is 15.1 Å². The number of anilines is 1. The molecule has 0 aliphatic carbocycles. The minimum atomic E-state index is -3.66. The third kappa shape index (κ3) is 7.65. The first-order valence-electron chi connectivity index (χ1n) is 11.2. The highest BCUT2D eigenvalue weighted by molar-refractivity contribution is 7.92. The summed E-state index contributed by atoms with van der Waals surface area (Å²) in [6.07, 6.45) is 1.64. The summed E-state index contributed by atoms with van der Waals surface area (Å²) >= 11 is 18.8. The maximum Gasteiger partial charge on any atom is 0.242 e. The van der Waals surface area contributed by atoms with Crippen molar-refractivity contribution in [3.8, 4) is 5.75 Å². The van der Waals surface area contributed by atoms with E-state index < -0.39 is 16.1 Å². The third-order valence-corrected chi connectivity index (χ3v) is 7.80. The van der Waals surface area contributed by atoms with E-state index in [-0.39, 0.29) is 42.8 Å². The van der Waals surface area contributed by atoms with Gasteiger partial charge in [-0.1, -0.05) is 47.8 Å². The lowest BCUT2D eigenvalue weighted by Crippen LogP contribution is -2.48. The largest absolute Gasteiger partial charge is 0.495 e. The number of rotatable bonds is 12. The van der Waals surface area contributed by atoms with Crippen molar-refractivity contribution in [1.82, 2.24) is 10.2 Å². The molecule has 1 N–H and O–H groups in total. The molecule has 1 atom stereocenters. The van der Waals surface area contributed by atoms with E-state index in [0.29, 0.717) is 33.5 Å². The Kier molecular flexibility index (Phi) is 11.2. The van der Waals surface area contributed by atoms with Crippen LogP contribution in [0.1, 0.15) is 31.7 Å². The Morgan fingerprint density at radius 2 is 1.72 bits per heavy atom. The van der Waals surface area contributed by atoms with Gasteiger partial charge in [0.05, 0.1) is 24.1 Å². The SMILES string of the molecule is CC[C@H](C(=O)NC)N(Cc1c(Cl)cccc1Cl)C(=O)CCCN(c1ccc(OC)c(Cl)c1)S(C)(=O)=O. The molecule has 0 radical (unpaired) electrons. The van der Waals surface area contributed by atoms with Gasteiger partial charge in [-0.05, 0) is 43.2 Å². The summed E-state index contributed by atoms with van der Waals surface area (Å²) in [5.74, 6) is -0.236. The number of nitrogens with zero attached hydrogens (tertiary/aromatic N) is 2. The van der Waals surface area contributed by atoms with Gasteiger partial charge < -0.3 is 15.0 Å². The molecule has 2 aromatic rings. The molecule has 0 aromatic heterocycles. The molecule has 198 valence electrons. The summed E-state index contributed by atoms with van der Waals surface area (Å²) in [5, 5.41) is 3.61. The molecule has 36 heavy (non-hydrogen) atoms. The van der Waals surface area contributed by atoms with Crippen LogP contribution in [0.4, 0.5) is 5.69 Å². The average Bonchev–Trinajstić information content (AvgIpc) is 2.82. The van der Waals surface area contributed by atoms with Crippen LogP contribution in [0.25, 0.3) is 0 Å². The van der Waals surface area contributed by atoms with Crippen LogP contribution in [0.15, 0.2) is 36.4 Å². The fourth-order valence-electron chi connectivity index (χ4n) is 3.75. The Morgan fingerprint density at radius 1 is 1.08 bits per heavy atom. The van der Waals surface area contributed by atoms with Crippen molar-refractivity contribution in [2.24, 2.45) is 0 Å². The number of methoxy groups -OCH3 is 1. The highest BCUT2D eigenvalue weighted by Crippen LogP contribution is 2.31. The number of hydrogen-bond donors (Lipinski definition) is 1. The number of hydrogen-bond acceptors (Lipinski definition) is 5. The maximum absolute atomic E-state index is 13.4. The monoisotopic (exact) mass is 577 g/mol. The molecule has 0 fully saturated rings. The van der Waals surface area contributed by atoms with Gasteiger partial charge in [-0.3, -0.25) is 13.9 Å². The van der Waals surface area contributed by atoms with Crippen molar-refractivity contribution in [2.45, 2.75) is 38.8 Å². The molecule has 12 heteroatoms. The lowest BCUT2D eigenvalue weighted by molar-refractivity contribution is -0.141. The number of ether oxygens (including phenoxy) is 1. The van der Waals surface area contributed by atoms with Crippen molar-refractivity contribution in [3.05, 3.63) is 57.0 Å². The Hall–Kier alpha value is -2.20. The van der Waals surface area contributed by atoms with E-state index in [4.69, 9.17) is 39.5 Å². The van der Waals surface area contributed by atoms with Crippen molar-refractivity contribution in [3.63, 3.8) is 0 Å². The molecule has 2 aromatic carbocycles. The van der Waals surface area contributed by atoms with Crippen molar-refractivity contribution in [1.29, 1.82) is 0 Å².